The normalized spacial score (nSPS) is 23.7. The molecule has 1 aromatic rings. The Hall–Kier alpha value is -1.95. The summed E-state index contributed by atoms with van der Waals surface area (Å²) in [6, 6.07) is 6.94. The number of benzene rings is 1. The number of carbonyl (C=O) groups is 2. The number of nitrogens with zero attached hydrogens (tertiary/aromatic N) is 1. The fourth-order valence-electron chi connectivity index (χ4n) is 4.27. The predicted molar refractivity (Wildman–Crippen MR) is 110 cm³/mol. The quantitative estimate of drug-likeness (QED) is 0.773. The van der Waals surface area contributed by atoms with Crippen LogP contribution >= 0.6 is 0 Å². The summed E-state index contributed by atoms with van der Waals surface area (Å²) in [5, 5.41) is 3.71. The molecule has 0 spiro atoms. The van der Waals surface area contributed by atoms with Crippen molar-refractivity contribution in [3.63, 3.8) is 0 Å². The van der Waals surface area contributed by atoms with Crippen LogP contribution in [-0.4, -0.2) is 47.6 Å². The van der Waals surface area contributed by atoms with Gasteiger partial charge in [-0.15, -0.1) is 0 Å². The van der Waals surface area contributed by atoms with Crippen molar-refractivity contribution < 1.29 is 18.7 Å². The molecule has 0 radical (unpaired) electrons. The van der Waals surface area contributed by atoms with Crippen molar-refractivity contribution in [1.29, 1.82) is 0 Å². The third kappa shape index (κ3) is 6.01. The minimum absolute atomic E-state index is 0.00696. The Bertz CT molecular complexity index is 715. The second-order valence-corrected chi connectivity index (χ2v) is 9.30. The highest BCUT2D eigenvalue weighted by Gasteiger charge is 2.32. The molecule has 1 aliphatic heterocycles. The van der Waals surface area contributed by atoms with Crippen molar-refractivity contribution in [2.45, 2.75) is 77.0 Å². The average Bonchev–Trinajstić information content (AvgIpc) is 2.68. The van der Waals surface area contributed by atoms with E-state index < -0.39 is 11.4 Å². The Kier molecular flexibility index (Phi) is 6.93. The first-order valence-corrected chi connectivity index (χ1v) is 10.8. The molecule has 1 aliphatic carbocycles. The van der Waals surface area contributed by atoms with E-state index in [1.54, 1.807) is 23.1 Å². The number of halogens is 1. The standard InChI is InChI=1S/C23H33FN2O3/c1-23(2,3)29-22(28)16-8-10-17(11-9-16)25-18-12-14-26(15-13-18)21(27)19-6-4-5-7-20(19)24/h4-7,16-18,25H,8-15H2,1-3H3. The first-order valence-electron chi connectivity index (χ1n) is 10.8. The van der Waals surface area contributed by atoms with Crippen LogP contribution in [0.15, 0.2) is 24.3 Å². The van der Waals surface area contributed by atoms with E-state index in [-0.39, 0.29) is 23.4 Å². The number of ether oxygens (including phenoxy) is 1. The van der Waals surface area contributed by atoms with E-state index >= 15 is 0 Å². The summed E-state index contributed by atoms with van der Waals surface area (Å²) in [7, 11) is 0. The minimum Gasteiger partial charge on any atom is -0.460 e. The summed E-state index contributed by atoms with van der Waals surface area (Å²) in [4.78, 5) is 26.5. The monoisotopic (exact) mass is 404 g/mol. The molecule has 160 valence electrons. The Morgan fingerprint density at radius 1 is 1.00 bits per heavy atom. The maximum absolute atomic E-state index is 13.9. The maximum atomic E-state index is 13.9. The van der Waals surface area contributed by atoms with Gasteiger partial charge in [0.1, 0.15) is 11.4 Å². The van der Waals surface area contributed by atoms with E-state index in [1.807, 2.05) is 20.8 Å². The molecule has 1 N–H and O–H groups in total. The highest BCUT2D eigenvalue weighted by atomic mass is 19.1. The summed E-state index contributed by atoms with van der Waals surface area (Å²) in [5.74, 6) is -0.748. The van der Waals surface area contributed by atoms with Crippen molar-refractivity contribution >= 4 is 11.9 Å². The zero-order chi connectivity index (χ0) is 21.0. The van der Waals surface area contributed by atoms with Crippen molar-refractivity contribution in [2.75, 3.05) is 13.1 Å². The van der Waals surface area contributed by atoms with E-state index in [9.17, 15) is 14.0 Å². The molecule has 1 aromatic carbocycles. The Morgan fingerprint density at radius 3 is 2.17 bits per heavy atom. The number of rotatable bonds is 4. The van der Waals surface area contributed by atoms with Crippen LogP contribution < -0.4 is 5.32 Å². The molecule has 0 aromatic heterocycles. The van der Waals surface area contributed by atoms with E-state index in [4.69, 9.17) is 4.74 Å². The van der Waals surface area contributed by atoms with Crippen LogP contribution in [0, 0.1) is 11.7 Å². The summed E-state index contributed by atoms with van der Waals surface area (Å²) in [6.45, 7) is 6.99. The molecular weight excluding hydrogens is 371 g/mol. The second-order valence-electron chi connectivity index (χ2n) is 9.30. The molecule has 1 saturated heterocycles. The number of likely N-dealkylation sites (tertiary alicyclic amines) is 1. The van der Waals surface area contributed by atoms with Gasteiger partial charge >= 0.3 is 5.97 Å². The number of amides is 1. The lowest BCUT2D eigenvalue weighted by Crippen LogP contribution is -2.49. The molecule has 1 heterocycles. The fraction of sp³-hybridized carbons (Fsp3) is 0.652. The SMILES string of the molecule is CC(C)(C)OC(=O)C1CCC(NC2CCN(C(=O)c3ccccc3F)CC2)CC1. The van der Waals surface area contributed by atoms with Gasteiger partial charge in [-0.1, -0.05) is 12.1 Å². The van der Waals surface area contributed by atoms with E-state index in [0.717, 1.165) is 38.5 Å². The van der Waals surface area contributed by atoms with Gasteiger partial charge in [-0.25, -0.2) is 4.39 Å². The summed E-state index contributed by atoms with van der Waals surface area (Å²) >= 11 is 0. The zero-order valence-corrected chi connectivity index (χ0v) is 17.7. The molecule has 6 heteroatoms. The average molecular weight is 405 g/mol. The van der Waals surface area contributed by atoms with Gasteiger partial charge in [-0.05, 0) is 71.4 Å². The summed E-state index contributed by atoms with van der Waals surface area (Å²) < 4.78 is 19.4. The lowest BCUT2D eigenvalue weighted by Gasteiger charge is -2.37. The minimum atomic E-state index is -0.459. The van der Waals surface area contributed by atoms with Gasteiger partial charge in [0.15, 0.2) is 0 Å². The van der Waals surface area contributed by atoms with Crippen LogP contribution in [0.3, 0.4) is 0 Å². The largest absolute Gasteiger partial charge is 0.460 e. The Balaban J connectivity index is 1.41. The van der Waals surface area contributed by atoms with Crippen molar-refractivity contribution in [3.8, 4) is 0 Å². The lowest BCUT2D eigenvalue weighted by molar-refractivity contribution is -0.161. The predicted octanol–water partition coefficient (Wildman–Crippen LogP) is 3.92. The molecule has 5 nitrogen and oxygen atoms in total. The van der Waals surface area contributed by atoms with Gasteiger partial charge < -0.3 is 15.0 Å². The van der Waals surface area contributed by atoms with Crippen LogP contribution in [0.5, 0.6) is 0 Å². The van der Waals surface area contributed by atoms with Crippen LogP contribution in [0.1, 0.15) is 69.7 Å². The maximum Gasteiger partial charge on any atom is 0.309 e. The molecular formula is C23H33FN2O3. The molecule has 1 saturated carbocycles. The van der Waals surface area contributed by atoms with Gasteiger partial charge in [0.2, 0.25) is 0 Å². The highest BCUT2D eigenvalue weighted by Crippen LogP contribution is 2.28. The van der Waals surface area contributed by atoms with Crippen LogP contribution in [-0.2, 0) is 9.53 Å². The van der Waals surface area contributed by atoms with E-state index in [1.165, 1.54) is 6.07 Å². The summed E-state index contributed by atoms with van der Waals surface area (Å²) in [6.07, 6.45) is 5.39. The molecule has 2 aliphatic rings. The molecule has 3 rings (SSSR count). The molecule has 29 heavy (non-hydrogen) atoms. The van der Waals surface area contributed by atoms with Gasteiger partial charge in [0, 0.05) is 25.2 Å². The van der Waals surface area contributed by atoms with Gasteiger partial charge in [0.05, 0.1) is 11.5 Å². The van der Waals surface area contributed by atoms with Gasteiger partial charge in [-0.3, -0.25) is 9.59 Å². The number of carbonyl (C=O) groups excluding carboxylic acids is 2. The Labute approximate surface area is 173 Å². The Morgan fingerprint density at radius 2 is 1.59 bits per heavy atom. The number of hydrogen-bond donors (Lipinski definition) is 1. The molecule has 0 unspecified atom stereocenters. The molecule has 1 amide bonds. The van der Waals surface area contributed by atoms with Gasteiger partial charge in [0.25, 0.3) is 5.91 Å². The number of piperidine rings is 1. The molecule has 0 atom stereocenters. The number of esters is 1. The third-order valence-corrected chi connectivity index (χ3v) is 5.83. The summed E-state index contributed by atoms with van der Waals surface area (Å²) in [5.41, 5.74) is -0.278. The van der Waals surface area contributed by atoms with Crippen molar-refractivity contribution in [3.05, 3.63) is 35.6 Å². The first kappa shape index (κ1) is 21.8. The van der Waals surface area contributed by atoms with Crippen LogP contribution in [0.4, 0.5) is 4.39 Å². The highest BCUT2D eigenvalue weighted by molar-refractivity contribution is 5.94. The molecule has 2 fully saturated rings. The third-order valence-electron chi connectivity index (χ3n) is 5.83. The fourth-order valence-corrected chi connectivity index (χ4v) is 4.27. The smallest absolute Gasteiger partial charge is 0.309 e. The van der Waals surface area contributed by atoms with Crippen LogP contribution in [0.2, 0.25) is 0 Å². The first-order chi connectivity index (χ1) is 13.7. The zero-order valence-electron chi connectivity index (χ0n) is 17.7. The number of nitrogens with one attached hydrogen (secondary N) is 1. The van der Waals surface area contributed by atoms with Crippen molar-refractivity contribution in [2.24, 2.45) is 5.92 Å². The molecule has 0 bridgehead atoms. The van der Waals surface area contributed by atoms with E-state index in [2.05, 4.69) is 5.32 Å². The second kappa shape index (κ2) is 9.24. The van der Waals surface area contributed by atoms with Gasteiger partial charge in [-0.2, -0.15) is 0 Å². The van der Waals surface area contributed by atoms with Crippen molar-refractivity contribution in [1.82, 2.24) is 10.2 Å². The lowest BCUT2D eigenvalue weighted by atomic mass is 9.85. The number of hydrogen-bond acceptors (Lipinski definition) is 4. The topological polar surface area (TPSA) is 58.6 Å². The van der Waals surface area contributed by atoms with E-state index in [0.29, 0.717) is 25.2 Å². The van der Waals surface area contributed by atoms with Crippen LogP contribution in [0.25, 0.3) is 0 Å².